The van der Waals surface area contributed by atoms with Crippen LogP contribution in [-0.4, -0.2) is 30.4 Å². The molecule has 0 aliphatic carbocycles. The highest BCUT2D eigenvalue weighted by molar-refractivity contribution is 8.06. The molecule has 0 saturated heterocycles. The van der Waals surface area contributed by atoms with Gasteiger partial charge in [0.2, 0.25) is 6.34 Å². The van der Waals surface area contributed by atoms with Crippen LogP contribution >= 0.6 is 0 Å². The summed E-state index contributed by atoms with van der Waals surface area (Å²) in [5, 5.41) is 4.15. The van der Waals surface area contributed by atoms with Gasteiger partial charge in [0.1, 0.15) is 0 Å². The number of hydrogen-bond acceptors (Lipinski definition) is 3. The van der Waals surface area contributed by atoms with Crippen molar-refractivity contribution in [1.82, 2.24) is 0 Å². The van der Waals surface area contributed by atoms with Crippen LogP contribution in [-0.2, 0) is 10.0 Å². The molecule has 0 radical (unpaired) electrons. The molecule has 1 aliphatic heterocycles. The van der Waals surface area contributed by atoms with Crippen molar-refractivity contribution in [2.24, 2.45) is 15.1 Å². The number of nitrogens with zero attached hydrogens (tertiary/aromatic N) is 4. The first-order valence-electron chi connectivity index (χ1n) is 2.41. The molecule has 0 spiro atoms. The summed E-state index contributed by atoms with van der Waals surface area (Å²) in [6.45, 7) is 0. The number of hydrogen-bond donors (Lipinski definition) is 1. The standard InChI is InChI=1S/C3H3N5O2S/c4-8-2-3(7-1-6-2)11(5,9)10/h1H,(H2,5,9,10). The highest BCUT2D eigenvalue weighted by Crippen LogP contribution is 1.95. The molecule has 0 saturated carbocycles. The highest BCUT2D eigenvalue weighted by atomic mass is 32.2. The van der Waals surface area contributed by atoms with Gasteiger partial charge in [-0.3, -0.25) is 0 Å². The molecule has 0 unspecified atom stereocenters. The van der Waals surface area contributed by atoms with Crippen molar-refractivity contribution < 1.29 is 13.2 Å². The lowest BCUT2D eigenvalue weighted by Crippen LogP contribution is -2.28. The van der Waals surface area contributed by atoms with Crippen molar-refractivity contribution in [2.75, 3.05) is 0 Å². The molecule has 0 atom stereocenters. The van der Waals surface area contributed by atoms with E-state index in [0.717, 1.165) is 6.34 Å². The normalized spacial score (nSPS) is 16.5. The Balaban J connectivity index is 3.25. The molecule has 0 aromatic rings. The molecule has 58 valence electrons. The minimum Gasteiger partial charge on any atom is -0.497 e. The average molecular weight is 173 g/mol. The molecule has 8 heteroatoms. The lowest BCUT2D eigenvalue weighted by atomic mass is 10.7. The zero-order valence-electron chi connectivity index (χ0n) is 5.17. The lowest BCUT2D eigenvalue weighted by Gasteiger charge is -1.86. The number of sulfonamides is 1. The third-order valence-corrected chi connectivity index (χ3v) is 1.74. The number of rotatable bonds is 0. The van der Waals surface area contributed by atoms with Crippen LogP contribution in [0, 0.1) is 0 Å². The first-order valence-corrected chi connectivity index (χ1v) is 3.96. The number of amidine groups is 1. The Hall–Kier alpha value is -1.37. The first-order chi connectivity index (χ1) is 5.05. The Morgan fingerprint density at radius 1 is 1.64 bits per heavy atom. The molecule has 1 heterocycles. The third kappa shape index (κ3) is 1.37. The van der Waals surface area contributed by atoms with Gasteiger partial charge in [-0.2, -0.15) is 4.99 Å². The fourth-order valence-electron chi connectivity index (χ4n) is 0.518. The summed E-state index contributed by atoms with van der Waals surface area (Å²) in [5.74, 6) is -0.396. The minimum absolute atomic E-state index is 0.396. The summed E-state index contributed by atoms with van der Waals surface area (Å²) in [7, 11) is -3.93. The predicted octanol–water partition coefficient (Wildman–Crippen LogP) is -1.66. The third-order valence-electron chi connectivity index (χ3n) is 0.911. The SMILES string of the molecule is [N-]=[N+]=C1N=CN=C1S(N)(=O)=O. The smallest absolute Gasteiger partial charge is 0.442 e. The van der Waals surface area contributed by atoms with Gasteiger partial charge in [-0.05, 0) is 4.99 Å². The second-order valence-corrected chi connectivity index (χ2v) is 3.12. The maximum atomic E-state index is 10.6. The fraction of sp³-hybridized carbons (Fsp3) is 0. The molecule has 2 N–H and O–H groups in total. The van der Waals surface area contributed by atoms with Crippen LogP contribution in [0.5, 0.6) is 0 Å². The Bertz CT molecular complexity index is 384. The van der Waals surface area contributed by atoms with Crippen molar-refractivity contribution in [3.63, 3.8) is 0 Å². The van der Waals surface area contributed by atoms with Crippen molar-refractivity contribution in [3.05, 3.63) is 5.53 Å². The summed E-state index contributed by atoms with van der Waals surface area (Å²) < 4.78 is 21.2. The van der Waals surface area contributed by atoms with E-state index >= 15 is 0 Å². The van der Waals surface area contributed by atoms with Crippen molar-refractivity contribution >= 4 is 27.2 Å². The van der Waals surface area contributed by atoms with Crippen LogP contribution in [0.3, 0.4) is 0 Å². The Kier molecular flexibility index (Phi) is 1.65. The van der Waals surface area contributed by atoms with E-state index in [1.807, 2.05) is 0 Å². The summed E-state index contributed by atoms with van der Waals surface area (Å²) in [6, 6.07) is 0. The number of nitrogens with two attached hydrogens (primary N) is 1. The van der Waals surface area contributed by atoms with Crippen molar-refractivity contribution in [1.29, 1.82) is 0 Å². The van der Waals surface area contributed by atoms with Crippen LogP contribution in [0.4, 0.5) is 0 Å². The first kappa shape index (κ1) is 7.73. The van der Waals surface area contributed by atoms with Gasteiger partial charge in [-0.15, -0.1) is 0 Å². The minimum atomic E-state index is -3.93. The molecule has 1 rings (SSSR count). The molecule has 0 fully saturated rings. The van der Waals surface area contributed by atoms with E-state index in [1.54, 1.807) is 0 Å². The van der Waals surface area contributed by atoms with E-state index in [1.165, 1.54) is 0 Å². The van der Waals surface area contributed by atoms with Gasteiger partial charge in [0.15, 0.2) is 0 Å². The van der Waals surface area contributed by atoms with E-state index < -0.39 is 20.9 Å². The summed E-state index contributed by atoms with van der Waals surface area (Å²) >= 11 is 0. The molecule has 0 amide bonds. The molecule has 7 nitrogen and oxygen atoms in total. The van der Waals surface area contributed by atoms with E-state index in [-0.39, 0.29) is 0 Å². The lowest BCUT2D eigenvalue weighted by molar-refractivity contribution is -0.00253. The van der Waals surface area contributed by atoms with Gasteiger partial charge >= 0.3 is 5.84 Å². The van der Waals surface area contributed by atoms with Crippen LogP contribution in [0.15, 0.2) is 9.98 Å². The molecule has 11 heavy (non-hydrogen) atoms. The van der Waals surface area contributed by atoms with Gasteiger partial charge in [0.25, 0.3) is 15.1 Å². The van der Waals surface area contributed by atoms with E-state index in [9.17, 15) is 8.42 Å². The van der Waals surface area contributed by atoms with Crippen LogP contribution in [0.1, 0.15) is 0 Å². The molecular weight excluding hydrogens is 170 g/mol. The van der Waals surface area contributed by atoms with Crippen LogP contribution in [0.25, 0.3) is 5.53 Å². The summed E-state index contributed by atoms with van der Waals surface area (Å²) in [5.41, 5.74) is 8.17. The fourth-order valence-corrected chi connectivity index (χ4v) is 1.06. The largest absolute Gasteiger partial charge is 0.497 e. The van der Waals surface area contributed by atoms with Gasteiger partial charge in [0.05, 0.1) is 0 Å². The molecule has 0 aromatic carbocycles. The van der Waals surface area contributed by atoms with E-state index in [4.69, 9.17) is 5.53 Å². The molecule has 1 aliphatic rings. The van der Waals surface area contributed by atoms with Crippen molar-refractivity contribution in [3.8, 4) is 0 Å². The Morgan fingerprint density at radius 2 is 2.27 bits per heavy atom. The Morgan fingerprint density at radius 3 is 2.64 bits per heavy atom. The maximum absolute atomic E-state index is 10.6. The topological polar surface area (TPSA) is 121 Å². The van der Waals surface area contributed by atoms with Crippen molar-refractivity contribution in [2.45, 2.75) is 0 Å². The second-order valence-electron chi connectivity index (χ2n) is 1.65. The average Bonchev–Trinajstić information content (AvgIpc) is 2.31. The number of aliphatic imine (C=N–C) groups is 2. The zero-order valence-corrected chi connectivity index (χ0v) is 5.98. The van der Waals surface area contributed by atoms with Crippen LogP contribution < -0.4 is 5.14 Å². The molecular formula is C3H3N5O2S. The quantitative estimate of drug-likeness (QED) is 0.348. The van der Waals surface area contributed by atoms with Gasteiger partial charge < -0.3 is 10.3 Å². The summed E-state index contributed by atoms with van der Waals surface area (Å²) in [4.78, 5) is 9.16. The predicted molar refractivity (Wildman–Crippen MR) is 37.7 cm³/mol. The van der Waals surface area contributed by atoms with Gasteiger partial charge in [0, 0.05) is 0 Å². The monoisotopic (exact) mass is 173 g/mol. The van der Waals surface area contributed by atoms with Gasteiger partial charge in [-0.1, -0.05) is 0 Å². The molecule has 0 aromatic heterocycles. The second kappa shape index (κ2) is 2.35. The van der Waals surface area contributed by atoms with E-state index in [2.05, 4.69) is 19.9 Å². The van der Waals surface area contributed by atoms with E-state index in [0.29, 0.717) is 0 Å². The van der Waals surface area contributed by atoms with Crippen LogP contribution in [0.2, 0.25) is 0 Å². The molecule has 0 bridgehead atoms. The maximum Gasteiger partial charge on any atom is 0.442 e. The number of primary sulfonamides is 1. The Labute approximate surface area is 61.9 Å². The van der Waals surface area contributed by atoms with Gasteiger partial charge in [-0.25, -0.2) is 13.6 Å². The highest BCUT2D eigenvalue weighted by Gasteiger charge is 2.31. The summed E-state index contributed by atoms with van der Waals surface area (Å²) in [6.07, 6.45) is 0.939. The zero-order chi connectivity index (χ0) is 8.48.